The standard InChI is InChI=1S/C19H23FN2O2S/c1-14-6-9-17(10-7-14)25(23,24)21-16-8-11-19(18(20)13-16)22-12-4-3-5-15(22)2/h6-11,13,15,21H,3-5,12H2,1-2H3. The summed E-state index contributed by atoms with van der Waals surface area (Å²) < 4.78 is 41.8. The van der Waals surface area contributed by atoms with E-state index < -0.39 is 15.8 Å². The number of piperidine rings is 1. The summed E-state index contributed by atoms with van der Waals surface area (Å²) in [6.07, 6.45) is 3.25. The Balaban J connectivity index is 1.82. The van der Waals surface area contributed by atoms with Crippen molar-refractivity contribution >= 4 is 21.4 Å². The number of nitrogens with zero attached hydrogens (tertiary/aromatic N) is 1. The van der Waals surface area contributed by atoms with Crippen LogP contribution < -0.4 is 9.62 Å². The first-order valence-corrected chi connectivity index (χ1v) is 10.0. The highest BCUT2D eigenvalue weighted by Crippen LogP contribution is 2.29. The predicted molar refractivity (Wildman–Crippen MR) is 99.0 cm³/mol. The Hall–Kier alpha value is -2.08. The van der Waals surface area contributed by atoms with E-state index in [0.717, 1.165) is 31.4 Å². The van der Waals surface area contributed by atoms with Gasteiger partial charge in [-0.15, -0.1) is 0 Å². The lowest BCUT2D eigenvalue weighted by atomic mass is 10.0. The molecule has 1 heterocycles. The molecule has 2 aromatic rings. The summed E-state index contributed by atoms with van der Waals surface area (Å²) in [5.74, 6) is -0.405. The van der Waals surface area contributed by atoms with Gasteiger partial charge in [0.15, 0.2) is 0 Å². The minimum Gasteiger partial charge on any atom is -0.366 e. The number of rotatable bonds is 4. The van der Waals surface area contributed by atoms with Gasteiger partial charge in [-0.2, -0.15) is 0 Å². The van der Waals surface area contributed by atoms with Crippen molar-refractivity contribution in [3.8, 4) is 0 Å². The lowest BCUT2D eigenvalue weighted by molar-refractivity contribution is 0.476. The van der Waals surface area contributed by atoms with Gasteiger partial charge in [-0.3, -0.25) is 4.72 Å². The van der Waals surface area contributed by atoms with E-state index in [4.69, 9.17) is 0 Å². The van der Waals surface area contributed by atoms with Crippen molar-refractivity contribution in [2.24, 2.45) is 0 Å². The molecular weight excluding hydrogens is 339 g/mol. The molecule has 1 aliphatic rings. The van der Waals surface area contributed by atoms with Crippen LogP contribution in [0, 0.1) is 12.7 Å². The fraction of sp³-hybridized carbons (Fsp3) is 0.368. The number of anilines is 2. The third kappa shape index (κ3) is 3.95. The van der Waals surface area contributed by atoms with Crippen molar-refractivity contribution in [3.63, 3.8) is 0 Å². The second kappa shape index (κ2) is 7.04. The van der Waals surface area contributed by atoms with Gasteiger partial charge < -0.3 is 4.90 Å². The third-order valence-corrected chi connectivity index (χ3v) is 6.04. The average molecular weight is 362 g/mol. The molecule has 0 saturated carbocycles. The number of halogens is 1. The fourth-order valence-electron chi connectivity index (χ4n) is 3.19. The minimum atomic E-state index is -3.73. The predicted octanol–water partition coefficient (Wildman–Crippen LogP) is 4.31. The van der Waals surface area contributed by atoms with Crippen LogP contribution >= 0.6 is 0 Å². The normalized spacial score (nSPS) is 18.2. The van der Waals surface area contributed by atoms with Crippen LogP contribution in [0.25, 0.3) is 0 Å². The molecule has 134 valence electrons. The zero-order valence-corrected chi connectivity index (χ0v) is 15.3. The van der Waals surface area contributed by atoms with Crippen LogP contribution in [0.4, 0.5) is 15.8 Å². The average Bonchev–Trinajstić information content (AvgIpc) is 2.56. The summed E-state index contributed by atoms with van der Waals surface area (Å²) >= 11 is 0. The van der Waals surface area contributed by atoms with Gasteiger partial charge in [0.2, 0.25) is 0 Å². The molecule has 4 nitrogen and oxygen atoms in total. The van der Waals surface area contributed by atoms with Crippen molar-refractivity contribution in [3.05, 3.63) is 53.8 Å². The van der Waals surface area contributed by atoms with Gasteiger partial charge in [0.1, 0.15) is 5.82 Å². The SMILES string of the molecule is Cc1ccc(S(=O)(=O)Nc2ccc(N3CCCCC3C)c(F)c2)cc1. The molecule has 3 rings (SSSR count). The topological polar surface area (TPSA) is 49.4 Å². The molecule has 1 atom stereocenters. The van der Waals surface area contributed by atoms with Crippen LogP contribution in [-0.2, 0) is 10.0 Å². The maximum Gasteiger partial charge on any atom is 0.261 e. The summed E-state index contributed by atoms with van der Waals surface area (Å²) in [4.78, 5) is 2.21. The van der Waals surface area contributed by atoms with Crippen molar-refractivity contribution in [2.75, 3.05) is 16.2 Å². The molecule has 6 heteroatoms. The van der Waals surface area contributed by atoms with E-state index in [2.05, 4.69) is 16.5 Å². The van der Waals surface area contributed by atoms with Crippen LogP contribution in [0.1, 0.15) is 31.7 Å². The summed E-state index contributed by atoms with van der Waals surface area (Å²) in [5, 5.41) is 0. The number of hydrogen-bond acceptors (Lipinski definition) is 3. The Morgan fingerprint density at radius 1 is 1.12 bits per heavy atom. The Bertz CT molecular complexity index is 850. The van der Waals surface area contributed by atoms with E-state index in [1.807, 2.05) is 6.92 Å². The summed E-state index contributed by atoms with van der Waals surface area (Å²) in [6, 6.07) is 11.4. The summed E-state index contributed by atoms with van der Waals surface area (Å²) in [6.45, 7) is 4.80. The Kier molecular flexibility index (Phi) is 4.99. The molecule has 0 spiro atoms. The zero-order valence-electron chi connectivity index (χ0n) is 14.5. The quantitative estimate of drug-likeness (QED) is 0.881. The van der Waals surface area contributed by atoms with Crippen LogP contribution in [0.3, 0.4) is 0 Å². The Labute approximate surface area is 148 Å². The molecule has 25 heavy (non-hydrogen) atoms. The van der Waals surface area contributed by atoms with Gasteiger partial charge in [0.05, 0.1) is 16.3 Å². The summed E-state index contributed by atoms with van der Waals surface area (Å²) in [7, 11) is -3.73. The van der Waals surface area contributed by atoms with E-state index >= 15 is 0 Å². The molecule has 1 unspecified atom stereocenters. The molecule has 1 N–H and O–H groups in total. The van der Waals surface area contributed by atoms with Crippen molar-refractivity contribution in [1.29, 1.82) is 0 Å². The first-order valence-electron chi connectivity index (χ1n) is 8.52. The Morgan fingerprint density at radius 2 is 1.84 bits per heavy atom. The van der Waals surface area contributed by atoms with E-state index in [0.29, 0.717) is 11.7 Å². The molecule has 0 radical (unpaired) electrons. The Morgan fingerprint density at radius 3 is 2.48 bits per heavy atom. The zero-order chi connectivity index (χ0) is 18.0. The molecule has 0 bridgehead atoms. The van der Waals surface area contributed by atoms with E-state index in [1.54, 1.807) is 24.3 Å². The molecule has 1 saturated heterocycles. The van der Waals surface area contributed by atoms with Crippen molar-refractivity contribution in [2.45, 2.75) is 44.0 Å². The van der Waals surface area contributed by atoms with E-state index in [9.17, 15) is 12.8 Å². The number of sulfonamides is 1. The largest absolute Gasteiger partial charge is 0.366 e. The fourth-order valence-corrected chi connectivity index (χ4v) is 4.24. The lowest BCUT2D eigenvalue weighted by Crippen LogP contribution is -2.37. The molecule has 2 aromatic carbocycles. The first-order chi connectivity index (χ1) is 11.9. The van der Waals surface area contributed by atoms with Gasteiger partial charge in [0, 0.05) is 18.7 Å². The van der Waals surface area contributed by atoms with Gasteiger partial charge in [-0.1, -0.05) is 17.7 Å². The number of benzene rings is 2. The maximum atomic E-state index is 14.6. The molecule has 0 aromatic heterocycles. The molecule has 0 aliphatic carbocycles. The van der Waals surface area contributed by atoms with Crippen molar-refractivity contribution in [1.82, 2.24) is 0 Å². The molecule has 0 amide bonds. The highest BCUT2D eigenvalue weighted by atomic mass is 32.2. The van der Waals surface area contributed by atoms with Gasteiger partial charge >= 0.3 is 0 Å². The van der Waals surface area contributed by atoms with Crippen LogP contribution in [0.2, 0.25) is 0 Å². The lowest BCUT2D eigenvalue weighted by Gasteiger charge is -2.35. The van der Waals surface area contributed by atoms with Gasteiger partial charge in [-0.25, -0.2) is 12.8 Å². The van der Waals surface area contributed by atoms with E-state index in [1.165, 1.54) is 18.2 Å². The first kappa shape index (κ1) is 17.7. The smallest absolute Gasteiger partial charge is 0.261 e. The highest BCUT2D eigenvalue weighted by Gasteiger charge is 2.22. The second-order valence-corrected chi connectivity index (χ2v) is 8.31. The third-order valence-electron chi connectivity index (χ3n) is 4.64. The van der Waals surface area contributed by atoms with Crippen LogP contribution in [-0.4, -0.2) is 21.0 Å². The molecule has 1 fully saturated rings. The monoisotopic (exact) mass is 362 g/mol. The highest BCUT2D eigenvalue weighted by molar-refractivity contribution is 7.92. The number of aryl methyl sites for hydroxylation is 1. The maximum absolute atomic E-state index is 14.6. The molecule has 1 aliphatic heterocycles. The van der Waals surface area contributed by atoms with Crippen LogP contribution in [0.5, 0.6) is 0 Å². The van der Waals surface area contributed by atoms with Gasteiger partial charge in [0.25, 0.3) is 10.0 Å². The summed E-state index contributed by atoms with van der Waals surface area (Å²) in [5.41, 5.74) is 1.74. The van der Waals surface area contributed by atoms with Gasteiger partial charge in [-0.05, 0) is 57.4 Å². The van der Waals surface area contributed by atoms with Crippen LogP contribution in [0.15, 0.2) is 47.4 Å². The van der Waals surface area contributed by atoms with Crippen molar-refractivity contribution < 1.29 is 12.8 Å². The number of hydrogen-bond donors (Lipinski definition) is 1. The minimum absolute atomic E-state index is 0.159. The molecular formula is C19H23FN2O2S. The van der Waals surface area contributed by atoms with E-state index in [-0.39, 0.29) is 10.6 Å². The number of nitrogens with one attached hydrogen (secondary N) is 1. The second-order valence-electron chi connectivity index (χ2n) is 6.62.